The van der Waals surface area contributed by atoms with E-state index < -0.39 is 6.04 Å². The summed E-state index contributed by atoms with van der Waals surface area (Å²) < 4.78 is 0. The Bertz CT molecular complexity index is 884. The highest BCUT2D eigenvalue weighted by Crippen LogP contribution is 2.29. The lowest BCUT2D eigenvalue weighted by molar-refractivity contribution is -0.135. The monoisotopic (exact) mass is 428 g/mol. The molecule has 0 bridgehead atoms. The van der Waals surface area contributed by atoms with Gasteiger partial charge < -0.3 is 15.1 Å². The molecule has 1 aliphatic heterocycles. The summed E-state index contributed by atoms with van der Waals surface area (Å²) in [6.45, 7) is 10.0. The van der Waals surface area contributed by atoms with Gasteiger partial charge in [-0.25, -0.2) is 0 Å². The molecule has 0 radical (unpaired) electrons. The van der Waals surface area contributed by atoms with Gasteiger partial charge in [0.05, 0.1) is 11.1 Å². The SMILES string of the molecule is CC(C)[C@@H](NC(=O)c1cccnc1)C(=O)N1CCN(c2ccc(Cl)cc2)C(C)(C)C1. The number of pyridine rings is 1. The molecular formula is C23H29ClN4O2. The average molecular weight is 429 g/mol. The Morgan fingerprint density at radius 3 is 2.40 bits per heavy atom. The van der Waals surface area contributed by atoms with Crippen molar-refractivity contribution in [1.82, 2.24) is 15.2 Å². The number of benzene rings is 1. The van der Waals surface area contributed by atoms with Gasteiger partial charge in [-0.3, -0.25) is 14.6 Å². The summed E-state index contributed by atoms with van der Waals surface area (Å²) in [4.78, 5) is 34.1. The fourth-order valence-electron chi connectivity index (χ4n) is 3.87. The second kappa shape index (κ2) is 9.04. The van der Waals surface area contributed by atoms with Crippen LogP contribution in [0.4, 0.5) is 5.69 Å². The van der Waals surface area contributed by atoms with Gasteiger partial charge in [0.15, 0.2) is 0 Å². The Morgan fingerprint density at radius 2 is 1.83 bits per heavy atom. The van der Waals surface area contributed by atoms with Crippen LogP contribution in [0.15, 0.2) is 48.8 Å². The summed E-state index contributed by atoms with van der Waals surface area (Å²) in [5.74, 6) is -0.365. The molecule has 0 saturated carbocycles. The number of nitrogens with zero attached hydrogens (tertiary/aromatic N) is 3. The molecule has 2 amide bonds. The fourth-order valence-corrected chi connectivity index (χ4v) is 4.00. The standard InChI is InChI=1S/C23H29ClN4O2/c1-16(2)20(26-21(29)17-6-5-11-25-14-17)22(30)27-12-13-28(23(3,4)15-27)19-9-7-18(24)8-10-19/h5-11,14,16,20H,12-13,15H2,1-4H3,(H,26,29)/t20-/m1/s1. The van der Waals surface area contributed by atoms with Crippen LogP contribution < -0.4 is 10.2 Å². The minimum atomic E-state index is -0.587. The summed E-state index contributed by atoms with van der Waals surface area (Å²) in [7, 11) is 0. The van der Waals surface area contributed by atoms with Crippen molar-refractivity contribution < 1.29 is 9.59 Å². The van der Waals surface area contributed by atoms with E-state index in [1.165, 1.54) is 6.20 Å². The van der Waals surface area contributed by atoms with Crippen molar-refractivity contribution in [3.05, 3.63) is 59.4 Å². The normalized spacial score (nSPS) is 17.0. The first-order chi connectivity index (χ1) is 14.2. The van der Waals surface area contributed by atoms with Crippen LogP contribution in [0.3, 0.4) is 0 Å². The number of anilines is 1. The average Bonchev–Trinajstić information content (AvgIpc) is 2.72. The van der Waals surface area contributed by atoms with Gasteiger partial charge in [0.1, 0.15) is 6.04 Å². The first-order valence-corrected chi connectivity index (χ1v) is 10.6. The van der Waals surface area contributed by atoms with E-state index in [0.29, 0.717) is 30.2 Å². The molecule has 7 heteroatoms. The van der Waals surface area contributed by atoms with Gasteiger partial charge >= 0.3 is 0 Å². The fraction of sp³-hybridized carbons (Fsp3) is 0.435. The number of halogens is 1. The van der Waals surface area contributed by atoms with Gasteiger partial charge in [0, 0.05) is 42.7 Å². The molecule has 1 aromatic carbocycles. The molecule has 6 nitrogen and oxygen atoms in total. The summed E-state index contributed by atoms with van der Waals surface area (Å²) in [5.41, 5.74) is 1.28. The van der Waals surface area contributed by atoms with Crippen LogP contribution in [0.5, 0.6) is 0 Å². The lowest BCUT2D eigenvalue weighted by Crippen LogP contribution is -2.63. The van der Waals surface area contributed by atoms with Crippen LogP contribution in [-0.4, -0.2) is 52.9 Å². The Labute approximate surface area is 183 Å². The van der Waals surface area contributed by atoms with Crippen LogP contribution in [0.1, 0.15) is 38.1 Å². The third-order valence-corrected chi connectivity index (χ3v) is 5.75. The molecule has 1 fully saturated rings. The Morgan fingerprint density at radius 1 is 1.13 bits per heavy atom. The van der Waals surface area contributed by atoms with Gasteiger partial charge in [-0.1, -0.05) is 25.4 Å². The molecule has 1 aliphatic rings. The molecule has 0 spiro atoms. The highest BCUT2D eigenvalue weighted by molar-refractivity contribution is 6.30. The zero-order chi connectivity index (χ0) is 21.9. The Hall–Kier alpha value is -2.60. The lowest BCUT2D eigenvalue weighted by atomic mass is 9.95. The van der Waals surface area contributed by atoms with Crippen molar-refractivity contribution in [2.75, 3.05) is 24.5 Å². The van der Waals surface area contributed by atoms with Gasteiger partial charge in [-0.15, -0.1) is 0 Å². The number of hydrogen-bond donors (Lipinski definition) is 1. The minimum absolute atomic E-state index is 0.0319. The van der Waals surface area contributed by atoms with Gasteiger partial charge in [-0.05, 0) is 56.2 Å². The van der Waals surface area contributed by atoms with Crippen LogP contribution in [0, 0.1) is 5.92 Å². The molecule has 1 aromatic heterocycles. The molecule has 160 valence electrons. The van der Waals surface area contributed by atoms with Crippen molar-refractivity contribution in [3.8, 4) is 0 Å². The second-order valence-electron chi connectivity index (χ2n) is 8.64. The quantitative estimate of drug-likeness (QED) is 0.789. The molecule has 1 saturated heterocycles. The number of piperazine rings is 1. The molecule has 1 atom stereocenters. The zero-order valence-corrected chi connectivity index (χ0v) is 18.7. The maximum Gasteiger partial charge on any atom is 0.253 e. The van der Waals surface area contributed by atoms with E-state index in [9.17, 15) is 9.59 Å². The predicted octanol–water partition coefficient (Wildman–Crippen LogP) is 3.62. The van der Waals surface area contributed by atoms with E-state index in [1.54, 1.807) is 18.3 Å². The van der Waals surface area contributed by atoms with E-state index in [4.69, 9.17) is 11.6 Å². The molecule has 2 heterocycles. The maximum atomic E-state index is 13.3. The molecule has 2 aromatic rings. The topological polar surface area (TPSA) is 65.5 Å². The van der Waals surface area contributed by atoms with Gasteiger partial charge in [0.2, 0.25) is 5.91 Å². The van der Waals surface area contributed by atoms with E-state index in [1.807, 2.05) is 43.0 Å². The van der Waals surface area contributed by atoms with Crippen molar-refractivity contribution >= 4 is 29.1 Å². The number of aromatic nitrogens is 1. The van der Waals surface area contributed by atoms with Crippen molar-refractivity contribution in [2.24, 2.45) is 5.92 Å². The van der Waals surface area contributed by atoms with Crippen LogP contribution in [0.2, 0.25) is 5.02 Å². The maximum absolute atomic E-state index is 13.3. The highest BCUT2D eigenvalue weighted by Gasteiger charge is 2.38. The predicted molar refractivity (Wildman–Crippen MR) is 120 cm³/mol. The summed E-state index contributed by atoms with van der Waals surface area (Å²) in [6, 6.07) is 10.6. The number of carbonyl (C=O) groups is 2. The Kier molecular flexibility index (Phi) is 6.66. The van der Waals surface area contributed by atoms with Crippen LogP contribution in [0.25, 0.3) is 0 Å². The second-order valence-corrected chi connectivity index (χ2v) is 9.07. The van der Waals surface area contributed by atoms with Crippen LogP contribution in [-0.2, 0) is 4.79 Å². The smallest absolute Gasteiger partial charge is 0.253 e. The van der Waals surface area contributed by atoms with Crippen LogP contribution >= 0.6 is 11.6 Å². The lowest BCUT2D eigenvalue weighted by Gasteiger charge is -2.49. The van der Waals surface area contributed by atoms with E-state index in [-0.39, 0.29) is 23.3 Å². The zero-order valence-electron chi connectivity index (χ0n) is 17.9. The van der Waals surface area contributed by atoms with E-state index in [0.717, 1.165) is 5.69 Å². The van der Waals surface area contributed by atoms with Crippen molar-refractivity contribution in [3.63, 3.8) is 0 Å². The molecule has 30 heavy (non-hydrogen) atoms. The molecular weight excluding hydrogens is 400 g/mol. The van der Waals surface area contributed by atoms with Gasteiger partial charge in [-0.2, -0.15) is 0 Å². The third-order valence-electron chi connectivity index (χ3n) is 5.50. The molecule has 1 N–H and O–H groups in total. The number of hydrogen-bond acceptors (Lipinski definition) is 4. The van der Waals surface area contributed by atoms with E-state index >= 15 is 0 Å². The minimum Gasteiger partial charge on any atom is -0.363 e. The number of carbonyl (C=O) groups excluding carboxylic acids is 2. The first-order valence-electron chi connectivity index (χ1n) is 10.2. The molecule has 3 rings (SSSR count). The number of nitrogens with one attached hydrogen (secondary N) is 1. The molecule has 0 aliphatic carbocycles. The number of rotatable bonds is 5. The Balaban J connectivity index is 1.72. The summed E-state index contributed by atoms with van der Waals surface area (Å²) in [6.07, 6.45) is 3.12. The number of amides is 2. The largest absolute Gasteiger partial charge is 0.363 e. The third kappa shape index (κ3) is 4.93. The van der Waals surface area contributed by atoms with Gasteiger partial charge in [0.25, 0.3) is 5.91 Å². The van der Waals surface area contributed by atoms with Crippen molar-refractivity contribution in [2.45, 2.75) is 39.3 Å². The summed E-state index contributed by atoms with van der Waals surface area (Å²) in [5, 5.41) is 3.61. The van der Waals surface area contributed by atoms with Crippen molar-refractivity contribution in [1.29, 1.82) is 0 Å². The summed E-state index contributed by atoms with van der Waals surface area (Å²) >= 11 is 6.03. The van der Waals surface area contributed by atoms with E-state index in [2.05, 4.69) is 29.0 Å². The first kappa shape index (κ1) is 22.1. The highest BCUT2D eigenvalue weighted by atomic mass is 35.5. The molecule has 0 unspecified atom stereocenters.